The minimum Gasteiger partial charge on any atom is -0.308 e. The van der Waals surface area contributed by atoms with E-state index in [9.17, 15) is 4.79 Å². The number of aromatic nitrogens is 1. The Hall–Kier alpha value is -0.880. The van der Waals surface area contributed by atoms with Crippen molar-refractivity contribution in [1.29, 1.82) is 0 Å². The van der Waals surface area contributed by atoms with Gasteiger partial charge in [-0.2, -0.15) is 0 Å². The maximum atomic E-state index is 12.8. The van der Waals surface area contributed by atoms with Crippen molar-refractivity contribution in [3.63, 3.8) is 0 Å². The fourth-order valence-electron chi connectivity index (χ4n) is 2.73. The van der Waals surface area contributed by atoms with Crippen LogP contribution in [0.25, 0.3) is 10.2 Å². The third kappa shape index (κ3) is 4.02. The molecule has 0 bridgehead atoms. The Morgan fingerprint density at radius 1 is 1.33 bits per heavy atom. The van der Waals surface area contributed by atoms with Crippen molar-refractivity contribution in [3.8, 4) is 0 Å². The Kier molecular flexibility index (Phi) is 6.48. The number of anilines is 1. The Bertz CT molecular complexity index is 728. The Labute approximate surface area is 158 Å². The normalized spacial score (nSPS) is 14.5. The van der Waals surface area contributed by atoms with Crippen molar-refractivity contribution >= 4 is 56.6 Å². The minimum absolute atomic E-state index is 0. The van der Waals surface area contributed by atoms with Crippen LogP contribution < -0.4 is 4.90 Å². The fraction of sp³-hybridized carbons (Fsp3) is 0.529. The summed E-state index contributed by atoms with van der Waals surface area (Å²) in [6.07, 6.45) is 3.17. The number of hydrogen-bond donors (Lipinski definition) is 0. The molecule has 0 unspecified atom stereocenters. The molecule has 1 fully saturated rings. The first kappa shape index (κ1) is 19.4. The van der Waals surface area contributed by atoms with Crippen molar-refractivity contribution < 1.29 is 4.79 Å². The van der Waals surface area contributed by atoms with E-state index in [0.29, 0.717) is 6.54 Å². The average Bonchev–Trinajstić information content (AvgIpc) is 2.80. The second-order valence-corrected chi connectivity index (χ2v) is 7.93. The van der Waals surface area contributed by atoms with Gasteiger partial charge in [0, 0.05) is 24.0 Å². The average molecular weight is 388 g/mol. The molecular weight excluding hydrogens is 365 g/mol. The number of amides is 1. The van der Waals surface area contributed by atoms with Gasteiger partial charge in [0.05, 0.1) is 10.2 Å². The zero-order valence-electron chi connectivity index (χ0n) is 14.2. The summed E-state index contributed by atoms with van der Waals surface area (Å²) in [4.78, 5) is 21.5. The van der Waals surface area contributed by atoms with Gasteiger partial charge in [-0.1, -0.05) is 29.4 Å². The lowest BCUT2D eigenvalue weighted by Gasteiger charge is -2.30. The standard InChI is InChI=1S/C17H22ClN3OS.ClH/c1-11-9-13(18)10-14-15(11)19-17(23-14)21(8-7-20(2)3)16(22)12-5-4-6-12;/h9-10,12H,4-8H2,1-3H3;1H. The number of benzene rings is 1. The second kappa shape index (κ2) is 8.00. The number of hydrogen-bond acceptors (Lipinski definition) is 4. The first-order chi connectivity index (χ1) is 11.0. The molecule has 0 spiro atoms. The molecule has 1 aliphatic rings. The van der Waals surface area contributed by atoms with E-state index in [1.807, 2.05) is 38.1 Å². The first-order valence-corrected chi connectivity index (χ1v) is 9.18. The molecule has 1 saturated carbocycles. The van der Waals surface area contributed by atoms with E-state index >= 15 is 0 Å². The maximum absolute atomic E-state index is 12.8. The maximum Gasteiger partial charge on any atom is 0.231 e. The number of carbonyl (C=O) groups is 1. The fourth-order valence-corrected chi connectivity index (χ4v) is 4.19. The van der Waals surface area contributed by atoms with Crippen LogP contribution in [0.2, 0.25) is 5.02 Å². The van der Waals surface area contributed by atoms with Gasteiger partial charge in [-0.15, -0.1) is 12.4 Å². The van der Waals surface area contributed by atoms with E-state index in [2.05, 4.69) is 4.90 Å². The van der Waals surface area contributed by atoms with Crippen LogP contribution in [0.3, 0.4) is 0 Å². The first-order valence-electron chi connectivity index (χ1n) is 7.98. The smallest absolute Gasteiger partial charge is 0.231 e. The summed E-state index contributed by atoms with van der Waals surface area (Å²) in [5.41, 5.74) is 2.00. The molecule has 2 aromatic rings. The summed E-state index contributed by atoms with van der Waals surface area (Å²) in [5, 5.41) is 1.51. The van der Waals surface area contributed by atoms with Crippen LogP contribution in [-0.4, -0.2) is 43.0 Å². The van der Waals surface area contributed by atoms with Gasteiger partial charge < -0.3 is 4.90 Å². The lowest BCUT2D eigenvalue weighted by Crippen LogP contribution is -2.42. The molecule has 24 heavy (non-hydrogen) atoms. The summed E-state index contributed by atoms with van der Waals surface area (Å²) >= 11 is 7.71. The highest BCUT2D eigenvalue weighted by Crippen LogP contribution is 2.35. The van der Waals surface area contributed by atoms with Crippen molar-refractivity contribution in [2.24, 2.45) is 5.92 Å². The number of carbonyl (C=O) groups excluding carboxylic acids is 1. The molecule has 1 heterocycles. The van der Waals surface area contributed by atoms with Gasteiger partial charge in [0.1, 0.15) is 0 Å². The van der Waals surface area contributed by atoms with E-state index in [-0.39, 0.29) is 24.2 Å². The molecule has 0 atom stereocenters. The largest absolute Gasteiger partial charge is 0.308 e. The van der Waals surface area contributed by atoms with Crippen molar-refractivity contribution in [2.75, 3.05) is 32.1 Å². The van der Waals surface area contributed by atoms with E-state index in [0.717, 1.165) is 51.7 Å². The summed E-state index contributed by atoms with van der Waals surface area (Å²) < 4.78 is 1.04. The number of aryl methyl sites for hydroxylation is 1. The summed E-state index contributed by atoms with van der Waals surface area (Å²) in [5.74, 6) is 0.398. The molecule has 132 valence electrons. The molecule has 0 N–H and O–H groups in total. The van der Waals surface area contributed by atoms with Gasteiger partial charge in [-0.3, -0.25) is 9.69 Å². The Balaban J connectivity index is 0.00000208. The van der Waals surface area contributed by atoms with Crippen molar-refractivity contribution in [1.82, 2.24) is 9.88 Å². The summed E-state index contributed by atoms with van der Waals surface area (Å²) in [6, 6.07) is 3.86. The van der Waals surface area contributed by atoms with E-state index < -0.39 is 0 Å². The molecule has 1 amide bonds. The summed E-state index contributed by atoms with van der Waals surface area (Å²) in [6.45, 7) is 3.51. The number of nitrogens with zero attached hydrogens (tertiary/aromatic N) is 3. The molecule has 0 saturated heterocycles. The van der Waals surface area contributed by atoms with Crippen molar-refractivity contribution in [3.05, 3.63) is 22.7 Å². The van der Waals surface area contributed by atoms with E-state index in [4.69, 9.17) is 16.6 Å². The van der Waals surface area contributed by atoms with Gasteiger partial charge in [0.2, 0.25) is 5.91 Å². The Morgan fingerprint density at radius 2 is 2.04 bits per heavy atom. The molecule has 0 aliphatic heterocycles. The third-order valence-electron chi connectivity index (χ3n) is 4.36. The topological polar surface area (TPSA) is 36.4 Å². The quantitative estimate of drug-likeness (QED) is 0.763. The summed E-state index contributed by atoms with van der Waals surface area (Å²) in [7, 11) is 4.04. The van der Waals surface area contributed by atoms with Crippen LogP contribution in [-0.2, 0) is 4.79 Å². The molecule has 1 aromatic carbocycles. The predicted molar refractivity (Wildman–Crippen MR) is 105 cm³/mol. The molecule has 0 radical (unpaired) electrons. The van der Waals surface area contributed by atoms with Gasteiger partial charge in [-0.25, -0.2) is 4.98 Å². The SMILES string of the molecule is Cc1cc(Cl)cc2sc(N(CCN(C)C)C(=O)C3CCC3)nc12.Cl. The molecule has 7 heteroatoms. The van der Waals surface area contributed by atoms with Gasteiger partial charge in [0.25, 0.3) is 0 Å². The van der Waals surface area contributed by atoms with Gasteiger partial charge in [0.15, 0.2) is 5.13 Å². The van der Waals surface area contributed by atoms with Crippen LogP contribution >= 0.6 is 35.3 Å². The van der Waals surface area contributed by atoms with Crippen LogP contribution in [0.5, 0.6) is 0 Å². The number of thiazole rings is 1. The predicted octanol–water partition coefficient (Wildman–Crippen LogP) is 4.37. The highest BCUT2D eigenvalue weighted by molar-refractivity contribution is 7.22. The Morgan fingerprint density at radius 3 is 2.62 bits per heavy atom. The van der Waals surface area contributed by atoms with E-state index in [1.165, 1.54) is 0 Å². The molecule has 4 nitrogen and oxygen atoms in total. The molecular formula is C17H23Cl2N3OS. The highest BCUT2D eigenvalue weighted by atomic mass is 35.5. The molecule has 1 aromatic heterocycles. The van der Waals surface area contributed by atoms with Gasteiger partial charge >= 0.3 is 0 Å². The molecule has 3 rings (SSSR count). The number of likely N-dealkylation sites (N-methyl/N-ethyl adjacent to an activating group) is 1. The number of rotatable bonds is 5. The number of fused-ring (bicyclic) bond motifs is 1. The van der Waals surface area contributed by atoms with Gasteiger partial charge in [-0.05, 0) is 51.6 Å². The van der Waals surface area contributed by atoms with Crippen LogP contribution in [0.15, 0.2) is 12.1 Å². The minimum atomic E-state index is 0. The highest BCUT2D eigenvalue weighted by Gasteiger charge is 2.31. The number of halogens is 2. The van der Waals surface area contributed by atoms with Crippen molar-refractivity contribution in [2.45, 2.75) is 26.2 Å². The lowest BCUT2D eigenvalue weighted by atomic mass is 9.84. The zero-order valence-corrected chi connectivity index (χ0v) is 16.6. The third-order valence-corrected chi connectivity index (χ3v) is 5.60. The zero-order chi connectivity index (χ0) is 16.6. The van der Waals surface area contributed by atoms with Crippen LogP contribution in [0.1, 0.15) is 24.8 Å². The van der Waals surface area contributed by atoms with Crippen LogP contribution in [0.4, 0.5) is 5.13 Å². The van der Waals surface area contributed by atoms with Crippen LogP contribution in [0, 0.1) is 12.8 Å². The van der Waals surface area contributed by atoms with E-state index in [1.54, 1.807) is 11.3 Å². The monoisotopic (exact) mass is 387 g/mol. The lowest BCUT2D eigenvalue weighted by molar-refractivity contribution is -0.124. The molecule has 1 aliphatic carbocycles. The second-order valence-electron chi connectivity index (χ2n) is 6.49.